The molecular weight excluding hydrogens is 588 g/mol. The van der Waals surface area contributed by atoms with Crippen molar-refractivity contribution in [2.24, 2.45) is 5.10 Å². The fourth-order valence-corrected chi connectivity index (χ4v) is 4.89. The molecule has 0 N–H and O–H groups in total. The van der Waals surface area contributed by atoms with Gasteiger partial charge in [0.25, 0.3) is 11.8 Å². The maximum absolute atomic E-state index is 13.1. The second kappa shape index (κ2) is 10.2. The normalized spacial score (nSPS) is 13.0. The summed E-state index contributed by atoms with van der Waals surface area (Å²) in [7, 11) is 0. The van der Waals surface area contributed by atoms with E-state index in [-0.39, 0.29) is 0 Å². The van der Waals surface area contributed by atoms with Crippen LogP contribution in [0.15, 0.2) is 86.8 Å². The van der Waals surface area contributed by atoms with Gasteiger partial charge in [-0.3, -0.25) is 9.59 Å². The Bertz CT molecular complexity index is 1470. The van der Waals surface area contributed by atoms with Gasteiger partial charge in [0.15, 0.2) is 11.5 Å². The molecule has 0 saturated carbocycles. The van der Waals surface area contributed by atoms with E-state index in [0.29, 0.717) is 51.3 Å². The minimum Gasteiger partial charge on any atom is -0.490 e. The zero-order chi connectivity index (χ0) is 25.2. The van der Waals surface area contributed by atoms with Crippen molar-refractivity contribution in [1.82, 2.24) is 5.01 Å². The monoisotopic (exact) mass is 606 g/mol. The Labute approximate surface area is 224 Å². The lowest BCUT2D eigenvalue weighted by Gasteiger charge is -2.23. The summed E-state index contributed by atoms with van der Waals surface area (Å²) < 4.78 is 13.5. The first-order valence-corrected chi connectivity index (χ1v) is 12.8. The number of carbonyl (C=O) groups excluding carboxylic acids is 2. The van der Waals surface area contributed by atoms with E-state index >= 15 is 0 Å². The Morgan fingerprint density at radius 2 is 1.56 bits per heavy atom. The van der Waals surface area contributed by atoms with Crippen molar-refractivity contribution < 1.29 is 19.1 Å². The fraction of sp³-hybridized carbons (Fsp3) is 0.107. The quantitative estimate of drug-likeness (QED) is 0.168. The minimum absolute atomic E-state index is 0.362. The van der Waals surface area contributed by atoms with Crippen LogP contribution in [0, 0.1) is 0 Å². The number of nitrogens with zero attached hydrogens (tertiary/aromatic N) is 2. The number of imide groups is 1. The number of rotatable bonds is 7. The summed E-state index contributed by atoms with van der Waals surface area (Å²) in [5, 5.41) is 6.68. The lowest BCUT2D eigenvalue weighted by atomic mass is 9.95. The standard InChI is InChI=1S/C28H20Br2N2O4/c1-2-35-24-14-18(13-23(30)26(24)36-16-17-9-11-20(29)12-10-17)15-31-32-27(33)21-7-3-5-19-6-4-8-22(25(19)21)28(32)34/h3-15H,2,16H2,1H3. The van der Waals surface area contributed by atoms with Crippen LogP contribution in [0.1, 0.15) is 38.8 Å². The van der Waals surface area contributed by atoms with E-state index in [1.807, 2.05) is 43.3 Å². The molecule has 0 unspecified atom stereocenters. The number of hydrogen-bond acceptors (Lipinski definition) is 5. The van der Waals surface area contributed by atoms with Crippen molar-refractivity contribution in [2.45, 2.75) is 13.5 Å². The van der Waals surface area contributed by atoms with Crippen molar-refractivity contribution in [1.29, 1.82) is 0 Å². The molecule has 1 aliphatic rings. The highest BCUT2D eigenvalue weighted by Gasteiger charge is 2.32. The summed E-state index contributed by atoms with van der Waals surface area (Å²) in [5.74, 6) is 0.165. The van der Waals surface area contributed by atoms with Gasteiger partial charge < -0.3 is 9.47 Å². The Kier molecular flexibility index (Phi) is 6.89. The molecule has 4 aromatic carbocycles. The maximum Gasteiger partial charge on any atom is 0.282 e. The van der Waals surface area contributed by atoms with E-state index in [2.05, 4.69) is 37.0 Å². The van der Waals surface area contributed by atoms with Gasteiger partial charge in [-0.05, 0) is 75.8 Å². The third-order valence-electron chi connectivity index (χ3n) is 5.70. The van der Waals surface area contributed by atoms with Crippen molar-refractivity contribution in [3.8, 4) is 11.5 Å². The smallest absolute Gasteiger partial charge is 0.282 e. The summed E-state index contributed by atoms with van der Waals surface area (Å²) in [6.07, 6.45) is 1.47. The molecule has 180 valence electrons. The molecule has 1 aliphatic heterocycles. The molecule has 0 spiro atoms. The second-order valence-corrected chi connectivity index (χ2v) is 9.82. The van der Waals surface area contributed by atoms with Crippen LogP contribution in [-0.4, -0.2) is 29.6 Å². The van der Waals surface area contributed by atoms with Crippen LogP contribution in [0.2, 0.25) is 0 Å². The van der Waals surface area contributed by atoms with Gasteiger partial charge in [0, 0.05) is 9.86 Å². The number of hydrazone groups is 1. The molecule has 0 aromatic heterocycles. The molecule has 6 nitrogen and oxygen atoms in total. The van der Waals surface area contributed by atoms with Crippen molar-refractivity contribution in [3.05, 3.63) is 104 Å². The van der Waals surface area contributed by atoms with Crippen LogP contribution in [0.25, 0.3) is 10.8 Å². The third kappa shape index (κ3) is 4.66. The summed E-state index contributed by atoms with van der Waals surface area (Å²) in [5.41, 5.74) is 2.55. The Hall–Kier alpha value is -3.49. The van der Waals surface area contributed by atoms with E-state index in [1.54, 1.807) is 36.4 Å². The molecule has 0 aliphatic carbocycles. The Morgan fingerprint density at radius 1 is 0.889 bits per heavy atom. The van der Waals surface area contributed by atoms with Crippen molar-refractivity contribution >= 4 is 60.7 Å². The average molecular weight is 608 g/mol. The summed E-state index contributed by atoms with van der Waals surface area (Å²) in [6.45, 7) is 2.68. The van der Waals surface area contributed by atoms with Gasteiger partial charge in [-0.25, -0.2) is 0 Å². The van der Waals surface area contributed by atoms with E-state index < -0.39 is 11.8 Å². The maximum atomic E-state index is 13.1. The van der Waals surface area contributed by atoms with E-state index in [0.717, 1.165) is 20.4 Å². The van der Waals surface area contributed by atoms with Crippen LogP contribution in [0.3, 0.4) is 0 Å². The van der Waals surface area contributed by atoms with Crippen molar-refractivity contribution in [2.75, 3.05) is 6.61 Å². The summed E-state index contributed by atoms with van der Waals surface area (Å²) in [4.78, 5) is 26.2. The number of halogens is 2. The highest BCUT2D eigenvalue weighted by molar-refractivity contribution is 9.10. The molecule has 2 amide bonds. The molecule has 1 heterocycles. The first-order valence-electron chi connectivity index (χ1n) is 11.2. The van der Waals surface area contributed by atoms with Crippen LogP contribution in [0.5, 0.6) is 11.5 Å². The number of ether oxygens (including phenoxy) is 2. The fourth-order valence-electron chi connectivity index (χ4n) is 4.05. The molecule has 8 heteroatoms. The SMILES string of the molecule is CCOc1cc(C=NN2C(=O)c3cccc4cccc(c34)C2=O)cc(Br)c1OCc1ccc(Br)cc1. The van der Waals surface area contributed by atoms with E-state index in [9.17, 15) is 9.59 Å². The van der Waals surface area contributed by atoms with Crippen LogP contribution >= 0.6 is 31.9 Å². The Morgan fingerprint density at radius 3 is 2.19 bits per heavy atom. The van der Waals surface area contributed by atoms with Gasteiger partial charge in [-0.2, -0.15) is 10.1 Å². The lowest BCUT2D eigenvalue weighted by molar-refractivity contribution is 0.0616. The summed E-state index contributed by atoms with van der Waals surface area (Å²) in [6, 6.07) is 22.2. The molecule has 0 saturated heterocycles. The predicted molar refractivity (Wildman–Crippen MR) is 146 cm³/mol. The lowest BCUT2D eigenvalue weighted by Crippen LogP contribution is -2.36. The average Bonchev–Trinajstić information content (AvgIpc) is 2.88. The number of amides is 2. The number of benzene rings is 4. The summed E-state index contributed by atoms with van der Waals surface area (Å²) >= 11 is 7.00. The van der Waals surface area contributed by atoms with Crippen LogP contribution in [0.4, 0.5) is 0 Å². The number of carbonyl (C=O) groups is 2. The van der Waals surface area contributed by atoms with Crippen LogP contribution < -0.4 is 9.47 Å². The highest BCUT2D eigenvalue weighted by Crippen LogP contribution is 2.37. The van der Waals surface area contributed by atoms with Gasteiger partial charge in [0.1, 0.15) is 6.61 Å². The molecule has 0 bridgehead atoms. The second-order valence-electron chi connectivity index (χ2n) is 8.05. The molecule has 4 aromatic rings. The first-order chi connectivity index (χ1) is 17.5. The van der Waals surface area contributed by atoms with Crippen LogP contribution in [-0.2, 0) is 6.61 Å². The zero-order valence-corrected chi connectivity index (χ0v) is 22.4. The largest absolute Gasteiger partial charge is 0.490 e. The van der Waals surface area contributed by atoms with Gasteiger partial charge >= 0.3 is 0 Å². The van der Waals surface area contributed by atoms with Gasteiger partial charge in [-0.1, -0.05) is 52.3 Å². The Balaban J connectivity index is 1.42. The molecule has 0 radical (unpaired) electrons. The molecule has 36 heavy (non-hydrogen) atoms. The molecule has 5 rings (SSSR count). The van der Waals surface area contributed by atoms with E-state index in [4.69, 9.17) is 9.47 Å². The van der Waals surface area contributed by atoms with E-state index in [1.165, 1.54) is 6.21 Å². The molecule has 0 fully saturated rings. The predicted octanol–water partition coefficient (Wildman–Crippen LogP) is 6.97. The van der Waals surface area contributed by atoms with Crippen molar-refractivity contribution in [3.63, 3.8) is 0 Å². The third-order valence-corrected chi connectivity index (χ3v) is 6.82. The first kappa shape index (κ1) is 24.2. The number of hydrogen-bond donors (Lipinski definition) is 0. The minimum atomic E-state index is -0.459. The van der Waals surface area contributed by atoms with Gasteiger partial charge in [-0.15, -0.1) is 0 Å². The highest BCUT2D eigenvalue weighted by atomic mass is 79.9. The van der Waals surface area contributed by atoms with Gasteiger partial charge in [0.05, 0.1) is 28.4 Å². The zero-order valence-electron chi connectivity index (χ0n) is 19.2. The molecule has 0 atom stereocenters. The molecular formula is C28H20Br2N2O4. The van der Waals surface area contributed by atoms with Gasteiger partial charge in [0.2, 0.25) is 0 Å². The topological polar surface area (TPSA) is 68.2 Å².